The summed E-state index contributed by atoms with van der Waals surface area (Å²) >= 11 is 0. The number of rotatable bonds is 6. The van der Waals surface area contributed by atoms with Crippen LogP contribution in [0.1, 0.15) is 19.5 Å². The Labute approximate surface area is 133 Å². The number of anilines is 1. The summed E-state index contributed by atoms with van der Waals surface area (Å²) < 4.78 is 20.4. The molecule has 0 saturated carbocycles. The van der Waals surface area contributed by atoms with Crippen LogP contribution in [0.4, 0.5) is 10.2 Å². The highest BCUT2D eigenvalue weighted by Crippen LogP contribution is 2.15. The molecule has 0 amide bonds. The molecule has 3 aromatic rings. The first-order valence-electron chi connectivity index (χ1n) is 7.50. The Hall–Kier alpha value is -2.70. The van der Waals surface area contributed by atoms with Gasteiger partial charge in [-0.3, -0.25) is 0 Å². The summed E-state index contributed by atoms with van der Waals surface area (Å²) in [6, 6.07) is 8.05. The van der Waals surface area contributed by atoms with E-state index >= 15 is 0 Å². The topological polar surface area (TPSA) is 64.3 Å². The van der Waals surface area contributed by atoms with Crippen molar-refractivity contribution in [3.05, 3.63) is 48.2 Å². The van der Waals surface area contributed by atoms with Gasteiger partial charge in [0.05, 0.1) is 6.04 Å². The van der Waals surface area contributed by atoms with Crippen LogP contribution < -0.4 is 10.1 Å². The highest BCUT2D eigenvalue weighted by Gasteiger charge is 2.10. The molecule has 2 heterocycles. The van der Waals surface area contributed by atoms with E-state index in [2.05, 4.69) is 20.4 Å². The zero-order valence-corrected chi connectivity index (χ0v) is 13.0. The van der Waals surface area contributed by atoms with Gasteiger partial charge in [0.2, 0.25) is 0 Å². The van der Waals surface area contributed by atoms with E-state index < -0.39 is 0 Å². The van der Waals surface area contributed by atoms with Crippen molar-refractivity contribution >= 4 is 11.6 Å². The Bertz CT molecular complexity index is 804. The predicted octanol–water partition coefficient (Wildman–Crippen LogP) is 2.71. The van der Waals surface area contributed by atoms with Crippen LogP contribution in [-0.4, -0.2) is 32.2 Å². The highest BCUT2D eigenvalue weighted by atomic mass is 19.1. The summed E-state index contributed by atoms with van der Waals surface area (Å²) in [6.07, 6.45) is 2.28. The zero-order chi connectivity index (χ0) is 16.2. The summed E-state index contributed by atoms with van der Waals surface area (Å²) in [5.74, 6) is 1.56. The number of benzene rings is 1. The summed E-state index contributed by atoms with van der Waals surface area (Å²) in [6.45, 7) is 4.41. The fraction of sp³-hybridized carbons (Fsp3) is 0.312. The molecule has 0 aliphatic heterocycles. The van der Waals surface area contributed by atoms with Crippen LogP contribution in [0.15, 0.2) is 36.7 Å². The molecule has 1 aromatic carbocycles. The van der Waals surface area contributed by atoms with Gasteiger partial charge in [-0.25, -0.2) is 9.37 Å². The quantitative estimate of drug-likeness (QED) is 0.757. The molecule has 0 spiro atoms. The Kier molecular flexibility index (Phi) is 4.36. The molecule has 0 aliphatic carbocycles. The lowest BCUT2D eigenvalue weighted by atomic mass is 10.3. The molecule has 120 valence electrons. The van der Waals surface area contributed by atoms with Gasteiger partial charge in [-0.2, -0.15) is 14.6 Å². The first kappa shape index (κ1) is 15.2. The van der Waals surface area contributed by atoms with Crippen LogP contribution in [0, 0.1) is 5.82 Å². The molecule has 1 atom stereocenters. The maximum atomic E-state index is 13.1. The number of ether oxygens (including phenoxy) is 1. The van der Waals surface area contributed by atoms with Crippen LogP contribution in [0.3, 0.4) is 0 Å². The molecule has 7 heteroatoms. The number of hydrogen-bond donors (Lipinski definition) is 1. The fourth-order valence-corrected chi connectivity index (χ4v) is 2.22. The largest absolute Gasteiger partial charge is 0.491 e. The van der Waals surface area contributed by atoms with Crippen molar-refractivity contribution in [2.45, 2.75) is 26.3 Å². The number of aryl methyl sites for hydroxylation is 1. The third-order valence-electron chi connectivity index (χ3n) is 3.36. The number of nitrogens with zero attached hydrogens (tertiary/aromatic N) is 4. The van der Waals surface area contributed by atoms with E-state index in [-0.39, 0.29) is 11.9 Å². The van der Waals surface area contributed by atoms with Crippen LogP contribution >= 0.6 is 0 Å². The molecule has 0 saturated heterocycles. The van der Waals surface area contributed by atoms with Crippen LogP contribution in [0.2, 0.25) is 0 Å². The molecular formula is C16H18FN5O. The normalized spacial score (nSPS) is 12.3. The van der Waals surface area contributed by atoms with Crippen LogP contribution in [0.5, 0.6) is 5.75 Å². The first-order valence-corrected chi connectivity index (χ1v) is 7.50. The van der Waals surface area contributed by atoms with Crippen molar-refractivity contribution in [3.8, 4) is 5.75 Å². The van der Waals surface area contributed by atoms with Gasteiger partial charge in [0, 0.05) is 17.8 Å². The van der Waals surface area contributed by atoms with Crippen LogP contribution in [-0.2, 0) is 6.42 Å². The standard InChI is InChI=1S/C16H18FN5O/c1-3-13-8-15(22-16(21-13)18-10-19-22)20-11(2)9-23-14-6-4-5-12(17)7-14/h4-8,10-11,20H,3,9H2,1-2H3. The molecule has 3 rings (SSSR count). The number of nitrogens with one attached hydrogen (secondary N) is 1. The van der Waals surface area contributed by atoms with E-state index in [1.807, 2.05) is 19.9 Å². The second kappa shape index (κ2) is 6.60. The number of fused-ring (bicyclic) bond motifs is 1. The Morgan fingerprint density at radius 2 is 2.22 bits per heavy atom. The number of hydrogen-bond acceptors (Lipinski definition) is 5. The number of halogens is 1. The van der Waals surface area contributed by atoms with Gasteiger partial charge >= 0.3 is 0 Å². The molecular weight excluding hydrogens is 297 g/mol. The molecule has 6 nitrogen and oxygen atoms in total. The third kappa shape index (κ3) is 3.56. The predicted molar refractivity (Wildman–Crippen MR) is 85.1 cm³/mol. The maximum Gasteiger partial charge on any atom is 0.254 e. The van der Waals surface area contributed by atoms with Crippen molar-refractivity contribution in [1.82, 2.24) is 19.6 Å². The molecule has 0 aliphatic rings. The zero-order valence-electron chi connectivity index (χ0n) is 13.0. The molecule has 23 heavy (non-hydrogen) atoms. The maximum absolute atomic E-state index is 13.1. The van der Waals surface area contributed by atoms with Crippen molar-refractivity contribution < 1.29 is 9.13 Å². The minimum Gasteiger partial charge on any atom is -0.491 e. The van der Waals surface area contributed by atoms with E-state index in [9.17, 15) is 4.39 Å². The summed E-state index contributed by atoms with van der Waals surface area (Å²) in [5, 5.41) is 7.50. The molecule has 2 aromatic heterocycles. The molecule has 1 unspecified atom stereocenters. The summed E-state index contributed by atoms with van der Waals surface area (Å²) in [5.41, 5.74) is 0.936. The number of aromatic nitrogens is 4. The molecule has 1 N–H and O–H groups in total. The van der Waals surface area contributed by atoms with Crippen molar-refractivity contribution in [2.75, 3.05) is 11.9 Å². The van der Waals surface area contributed by atoms with Gasteiger partial charge < -0.3 is 10.1 Å². The first-order chi connectivity index (χ1) is 11.2. The van der Waals surface area contributed by atoms with E-state index in [4.69, 9.17) is 4.74 Å². The Morgan fingerprint density at radius 1 is 1.35 bits per heavy atom. The van der Waals surface area contributed by atoms with Gasteiger partial charge in [0.15, 0.2) is 0 Å². The van der Waals surface area contributed by atoms with E-state index in [0.29, 0.717) is 18.1 Å². The van der Waals surface area contributed by atoms with Crippen molar-refractivity contribution in [2.24, 2.45) is 0 Å². The van der Waals surface area contributed by atoms with Gasteiger partial charge in [0.1, 0.15) is 30.3 Å². The van der Waals surface area contributed by atoms with Gasteiger partial charge in [-0.05, 0) is 25.5 Å². The Morgan fingerprint density at radius 3 is 3.00 bits per heavy atom. The van der Waals surface area contributed by atoms with E-state index in [0.717, 1.165) is 17.9 Å². The summed E-state index contributed by atoms with van der Waals surface area (Å²) in [4.78, 5) is 8.53. The molecule has 0 radical (unpaired) electrons. The lowest BCUT2D eigenvalue weighted by Gasteiger charge is -2.17. The fourth-order valence-electron chi connectivity index (χ4n) is 2.22. The Balaban J connectivity index is 1.70. The lowest BCUT2D eigenvalue weighted by molar-refractivity contribution is 0.302. The SMILES string of the molecule is CCc1cc(NC(C)COc2cccc(F)c2)n2ncnc2n1. The average molecular weight is 315 g/mol. The minimum atomic E-state index is -0.311. The average Bonchev–Trinajstić information content (AvgIpc) is 3.01. The van der Waals surface area contributed by atoms with E-state index in [1.165, 1.54) is 18.5 Å². The molecule has 0 bridgehead atoms. The van der Waals surface area contributed by atoms with E-state index in [1.54, 1.807) is 16.6 Å². The lowest BCUT2D eigenvalue weighted by Crippen LogP contribution is -2.25. The smallest absolute Gasteiger partial charge is 0.254 e. The third-order valence-corrected chi connectivity index (χ3v) is 3.36. The van der Waals surface area contributed by atoms with Crippen molar-refractivity contribution in [1.29, 1.82) is 0 Å². The van der Waals surface area contributed by atoms with Gasteiger partial charge in [0.25, 0.3) is 5.78 Å². The van der Waals surface area contributed by atoms with Crippen LogP contribution in [0.25, 0.3) is 5.78 Å². The van der Waals surface area contributed by atoms with Crippen molar-refractivity contribution in [3.63, 3.8) is 0 Å². The summed E-state index contributed by atoms with van der Waals surface area (Å²) in [7, 11) is 0. The monoisotopic (exact) mass is 315 g/mol. The van der Waals surface area contributed by atoms with Gasteiger partial charge in [-0.15, -0.1) is 0 Å². The highest BCUT2D eigenvalue weighted by molar-refractivity contribution is 5.45. The second-order valence-corrected chi connectivity index (χ2v) is 5.27. The minimum absolute atomic E-state index is 0.00206. The van der Waals surface area contributed by atoms with Gasteiger partial charge in [-0.1, -0.05) is 13.0 Å². The second-order valence-electron chi connectivity index (χ2n) is 5.27. The molecule has 0 fully saturated rings.